The van der Waals surface area contributed by atoms with Gasteiger partial charge in [0.25, 0.3) is 0 Å². The average molecular weight is 322 g/mol. The molecular formula is C17H22O6. The van der Waals surface area contributed by atoms with Gasteiger partial charge in [-0.05, 0) is 31.5 Å². The van der Waals surface area contributed by atoms with Crippen molar-refractivity contribution in [2.24, 2.45) is 0 Å². The maximum Gasteiger partial charge on any atom is 0.190 e. The fraction of sp³-hybridized carbons (Fsp3) is 0.529. The highest BCUT2D eigenvalue weighted by Gasteiger charge is 2.53. The van der Waals surface area contributed by atoms with Crippen LogP contribution in [-0.4, -0.2) is 49.7 Å². The summed E-state index contributed by atoms with van der Waals surface area (Å²) in [7, 11) is 3.20. The Morgan fingerprint density at radius 1 is 1.09 bits per heavy atom. The quantitative estimate of drug-likeness (QED) is 0.914. The van der Waals surface area contributed by atoms with E-state index in [1.807, 2.05) is 18.2 Å². The molecule has 0 radical (unpaired) electrons. The molecule has 0 bridgehead atoms. The first-order valence-electron chi connectivity index (χ1n) is 7.52. The summed E-state index contributed by atoms with van der Waals surface area (Å²) < 4.78 is 27.5. The van der Waals surface area contributed by atoms with Crippen molar-refractivity contribution < 1.29 is 28.8 Å². The zero-order valence-electron chi connectivity index (χ0n) is 13.7. The van der Waals surface area contributed by atoms with Crippen molar-refractivity contribution in [2.75, 3.05) is 14.2 Å². The summed E-state index contributed by atoms with van der Waals surface area (Å²) in [6, 6.07) is 5.54. The first-order valence-corrected chi connectivity index (χ1v) is 7.52. The molecule has 2 heterocycles. The van der Waals surface area contributed by atoms with Crippen molar-refractivity contribution in [2.45, 2.75) is 44.2 Å². The van der Waals surface area contributed by atoms with E-state index < -0.39 is 30.4 Å². The Kier molecular flexibility index (Phi) is 4.33. The molecule has 6 nitrogen and oxygen atoms in total. The molecule has 23 heavy (non-hydrogen) atoms. The number of hydrogen-bond donors (Lipinski definition) is 1. The van der Waals surface area contributed by atoms with E-state index in [1.165, 1.54) is 0 Å². The predicted octanol–water partition coefficient (Wildman–Crippen LogP) is 1.95. The summed E-state index contributed by atoms with van der Waals surface area (Å²) in [5.74, 6) is 0.662. The van der Waals surface area contributed by atoms with E-state index in [4.69, 9.17) is 23.7 Å². The van der Waals surface area contributed by atoms with Gasteiger partial charge in [-0.15, -0.1) is 0 Å². The highest BCUT2D eigenvalue weighted by molar-refractivity contribution is 5.55. The SMILES string of the molecule is COc1cc(/C=C/[C@H]2O[C@@H]3OC(C)(C)O[C@@H]3[C@H]2O)cc(OC)c1. The zero-order valence-corrected chi connectivity index (χ0v) is 13.7. The standard InChI is InChI=1S/C17H22O6/c1-17(2)22-15-14(18)13(21-16(15)23-17)6-5-10-7-11(19-3)9-12(8-10)20-4/h5-9,13-16,18H,1-4H3/b6-5+/t13-,14+,15-,16-/m1/s1. The lowest BCUT2D eigenvalue weighted by atomic mass is 10.1. The fourth-order valence-electron chi connectivity index (χ4n) is 2.81. The Hall–Kier alpha value is -1.60. The third-order valence-electron chi connectivity index (χ3n) is 3.90. The molecule has 2 aliphatic heterocycles. The highest BCUT2D eigenvalue weighted by Crippen LogP contribution is 2.37. The number of aliphatic hydroxyl groups excluding tert-OH is 1. The molecule has 1 aromatic rings. The minimum atomic E-state index is -0.773. The van der Waals surface area contributed by atoms with Crippen LogP contribution in [0.5, 0.6) is 11.5 Å². The van der Waals surface area contributed by atoms with Crippen molar-refractivity contribution in [1.29, 1.82) is 0 Å². The van der Waals surface area contributed by atoms with Gasteiger partial charge in [0.1, 0.15) is 29.8 Å². The molecule has 1 N–H and O–H groups in total. The molecule has 1 aromatic carbocycles. The molecule has 0 unspecified atom stereocenters. The second-order valence-corrected chi connectivity index (χ2v) is 6.06. The van der Waals surface area contributed by atoms with Crippen LogP contribution < -0.4 is 9.47 Å². The molecule has 0 amide bonds. The maximum absolute atomic E-state index is 10.3. The third kappa shape index (κ3) is 3.35. The van der Waals surface area contributed by atoms with Crippen LogP contribution in [0.3, 0.4) is 0 Å². The number of methoxy groups -OCH3 is 2. The molecule has 0 saturated carbocycles. The molecule has 3 rings (SSSR count). The predicted molar refractivity (Wildman–Crippen MR) is 83.3 cm³/mol. The van der Waals surface area contributed by atoms with Crippen LogP contribution in [0.25, 0.3) is 6.08 Å². The molecule has 0 spiro atoms. The molecule has 2 aliphatic rings. The number of fused-ring (bicyclic) bond motifs is 1. The zero-order chi connectivity index (χ0) is 16.6. The van der Waals surface area contributed by atoms with Crippen LogP contribution >= 0.6 is 0 Å². The summed E-state index contributed by atoms with van der Waals surface area (Å²) in [6.07, 6.45) is 1.36. The monoisotopic (exact) mass is 322 g/mol. The smallest absolute Gasteiger partial charge is 0.190 e. The van der Waals surface area contributed by atoms with Crippen molar-refractivity contribution in [3.8, 4) is 11.5 Å². The molecule has 0 aromatic heterocycles. The Bertz CT molecular complexity index is 574. The van der Waals surface area contributed by atoms with E-state index in [1.54, 1.807) is 40.2 Å². The van der Waals surface area contributed by atoms with Crippen LogP contribution in [-0.2, 0) is 14.2 Å². The highest BCUT2D eigenvalue weighted by atomic mass is 16.8. The van der Waals surface area contributed by atoms with Gasteiger partial charge in [0.2, 0.25) is 0 Å². The topological polar surface area (TPSA) is 66.4 Å². The molecular weight excluding hydrogens is 300 g/mol. The van der Waals surface area contributed by atoms with Gasteiger partial charge in [0, 0.05) is 6.07 Å². The minimum Gasteiger partial charge on any atom is -0.497 e. The van der Waals surface area contributed by atoms with Gasteiger partial charge in [-0.1, -0.05) is 12.2 Å². The van der Waals surface area contributed by atoms with Gasteiger partial charge < -0.3 is 28.8 Å². The second-order valence-electron chi connectivity index (χ2n) is 6.06. The van der Waals surface area contributed by atoms with Gasteiger partial charge >= 0.3 is 0 Å². The average Bonchev–Trinajstić information content (AvgIpc) is 2.98. The summed E-state index contributed by atoms with van der Waals surface area (Å²) in [4.78, 5) is 0. The molecule has 2 fully saturated rings. The van der Waals surface area contributed by atoms with E-state index in [0.717, 1.165) is 5.56 Å². The molecule has 2 saturated heterocycles. The van der Waals surface area contributed by atoms with Crippen molar-refractivity contribution in [3.63, 3.8) is 0 Å². The number of rotatable bonds is 4. The van der Waals surface area contributed by atoms with Crippen LogP contribution in [0, 0.1) is 0 Å². The summed E-state index contributed by atoms with van der Waals surface area (Å²) in [5, 5.41) is 10.3. The first kappa shape index (κ1) is 16.3. The normalized spacial score (nSPS) is 32.2. The lowest BCUT2D eigenvalue weighted by molar-refractivity contribution is -0.209. The number of hydrogen-bond acceptors (Lipinski definition) is 6. The number of aliphatic hydroxyl groups is 1. The van der Waals surface area contributed by atoms with Crippen LogP contribution in [0.4, 0.5) is 0 Å². The Balaban J connectivity index is 1.72. The lowest BCUT2D eigenvalue weighted by Gasteiger charge is -2.21. The van der Waals surface area contributed by atoms with E-state index in [2.05, 4.69) is 0 Å². The third-order valence-corrected chi connectivity index (χ3v) is 3.90. The molecule has 0 aliphatic carbocycles. The lowest BCUT2D eigenvalue weighted by Crippen LogP contribution is -2.33. The number of ether oxygens (including phenoxy) is 5. The van der Waals surface area contributed by atoms with Crippen molar-refractivity contribution in [3.05, 3.63) is 29.8 Å². The summed E-state index contributed by atoms with van der Waals surface area (Å²) >= 11 is 0. The molecule has 126 valence electrons. The molecule has 6 heteroatoms. The van der Waals surface area contributed by atoms with Crippen molar-refractivity contribution in [1.82, 2.24) is 0 Å². The van der Waals surface area contributed by atoms with Crippen LogP contribution in [0.1, 0.15) is 19.4 Å². The van der Waals surface area contributed by atoms with E-state index in [-0.39, 0.29) is 0 Å². The minimum absolute atomic E-state index is 0.473. The Morgan fingerprint density at radius 3 is 2.30 bits per heavy atom. The molecule has 4 atom stereocenters. The fourth-order valence-corrected chi connectivity index (χ4v) is 2.81. The van der Waals surface area contributed by atoms with Gasteiger partial charge in [-0.3, -0.25) is 0 Å². The van der Waals surface area contributed by atoms with E-state index in [0.29, 0.717) is 11.5 Å². The summed E-state index contributed by atoms with van der Waals surface area (Å²) in [5.41, 5.74) is 0.885. The van der Waals surface area contributed by atoms with Gasteiger partial charge in [0.15, 0.2) is 12.1 Å². The summed E-state index contributed by atoms with van der Waals surface area (Å²) in [6.45, 7) is 3.60. The van der Waals surface area contributed by atoms with Gasteiger partial charge in [-0.2, -0.15) is 0 Å². The largest absolute Gasteiger partial charge is 0.497 e. The maximum atomic E-state index is 10.3. The van der Waals surface area contributed by atoms with Crippen LogP contribution in [0.15, 0.2) is 24.3 Å². The second kappa shape index (κ2) is 6.13. The Morgan fingerprint density at radius 2 is 1.74 bits per heavy atom. The first-order chi connectivity index (χ1) is 10.9. The number of benzene rings is 1. The Labute approximate surface area is 135 Å². The van der Waals surface area contributed by atoms with Gasteiger partial charge in [-0.25, -0.2) is 0 Å². The van der Waals surface area contributed by atoms with Gasteiger partial charge in [0.05, 0.1) is 14.2 Å². The van der Waals surface area contributed by atoms with E-state index in [9.17, 15) is 5.11 Å². The van der Waals surface area contributed by atoms with E-state index >= 15 is 0 Å². The van der Waals surface area contributed by atoms with Crippen LogP contribution in [0.2, 0.25) is 0 Å². The van der Waals surface area contributed by atoms with Crippen molar-refractivity contribution >= 4 is 6.08 Å².